The molecule has 1 unspecified atom stereocenters. The van der Waals surface area contributed by atoms with Gasteiger partial charge in [-0.25, -0.2) is 0 Å². The molecular weight excluding hydrogens is 234 g/mol. The normalized spacial score (nSPS) is 22.2. The van der Waals surface area contributed by atoms with Crippen LogP contribution < -0.4 is 5.32 Å². The van der Waals surface area contributed by atoms with E-state index in [4.69, 9.17) is 0 Å². The molecule has 1 fully saturated rings. The van der Waals surface area contributed by atoms with Gasteiger partial charge in [0.25, 0.3) is 0 Å². The lowest BCUT2D eigenvalue weighted by Crippen LogP contribution is -2.44. The van der Waals surface area contributed by atoms with Crippen LogP contribution in [0.15, 0.2) is 30.3 Å². The summed E-state index contributed by atoms with van der Waals surface area (Å²) >= 11 is 0. The lowest BCUT2D eigenvalue weighted by atomic mass is 9.83. The maximum absolute atomic E-state index is 12.5. The first kappa shape index (κ1) is 14.1. The van der Waals surface area contributed by atoms with Crippen molar-refractivity contribution in [2.75, 3.05) is 0 Å². The van der Waals surface area contributed by atoms with Crippen LogP contribution in [-0.4, -0.2) is 11.9 Å². The number of carbonyl (C=O) groups is 1. The van der Waals surface area contributed by atoms with Gasteiger partial charge in [0.2, 0.25) is 5.91 Å². The zero-order valence-corrected chi connectivity index (χ0v) is 12.5. The molecule has 1 saturated carbocycles. The van der Waals surface area contributed by atoms with Crippen LogP contribution in [0.3, 0.4) is 0 Å². The minimum absolute atomic E-state index is 0.140. The van der Waals surface area contributed by atoms with Gasteiger partial charge in [-0.15, -0.1) is 0 Å². The van der Waals surface area contributed by atoms with E-state index in [1.807, 2.05) is 44.2 Å². The predicted octanol–water partition coefficient (Wildman–Crippen LogP) is 3.66. The quantitative estimate of drug-likeness (QED) is 0.882. The van der Waals surface area contributed by atoms with Gasteiger partial charge in [-0.1, -0.05) is 44.2 Å². The van der Waals surface area contributed by atoms with E-state index in [0.717, 1.165) is 18.4 Å². The number of rotatable bonds is 3. The van der Waals surface area contributed by atoms with Gasteiger partial charge in [0.15, 0.2) is 0 Å². The molecule has 0 bridgehead atoms. The molecule has 0 radical (unpaired) electrons. The monoisotopic (exact) mass is 259 g/mol. The summed E-state index contributed by atoms with van der Waals surface area (Å²) in [5.41, 5.74) is 0.979. The lowest BCUT2D eigenvalue weighted by molar-refractivity contribution is -0.126. The topological polar surface area (TPSA) is 29.1 Å². The zero-order valence-electron chi connectivity index (χ0n) is 12.5. The molecule has 0 aliphatic heterocycles. The van der Waals surface area contributed by atoms with Gasteiger partial charge in [-0.05, 0) is 44.1 Å². The summed E-state index contributed by atoms with van der Waals surface area (Å²) in [6.07, 6.45) is 3.39. The Labute approximate surface area is 116 Å². The molecule has 1 aliphatic rings. The van der Waals surface area contributed by atoms with Gasteiger partial charge in [0.05, 0.1) is 5.41 Å². The van der Waals surface area contributed by atoms with Gasteiger partial charge in [-0.3, -0.25) is 4.79 Å². The number of nitrogens with one attached hydrogen (secondary N) is 1. The summed E-state index contributed by atoms with van der Waals surface area (Å²) in [6.45, 7) is 8.55. The van der Waals surface area contributed by atoms with E-state index in [0.29, 0.717) is 11.5 Å². The van der Waals surface area contributed by atoms with E-state index in [1.54, 1.807) is 0 Å². The molecule has 0 aromatic heterocycles. The number of amides is 1. The predicted molar refractivity (Wildman–Crippen MR) is 79.0 cm³/mol. The van der Waals surface area contributed by atoms with E-state index in [9.17, 15) is 4.79 Å². The Balaban J connectivity index is 2.04. The molecule has 1 amide bonds. The van der Waals surface area contributed by atoms with E-state index in [1.165, 1.54) is 6.42 Å². The molecule has 0 heterocycles. The first-order valence-corrected chi connectivity index (χ1v) is 7.18. The fourth-order valence-electron chi connectivity index (χ4n) is 2.91. The largest absolute Gasteiger partial charge is 0.353 e. The Bertz CT molecular complexity index is 448. The lowest BCUT2D eigenvalue weighted by Gasteiger charge is -2.27. The maximum atomic E-state index is 12.5. The number of hydrogen-bond donors (Lipinski definition) is 1. The number of carbonyl (C=O) groups excluding carboxylic acids is 1. The Hall–Kier alpha value is -1.31. The number of hydrogen-bond acceptors (Lipinski definition) is 1. The Morgan fingerprint density at radius 1 is 1.26 bits per heavy atom. The van der Waals surface area contributed by atoms with Crippen molar-refractivity contribution in [1.29, 1.82) is 0 Å². The first-order valence-electron chi connectivity index (χ1n) is 7.18. The molecule has 2 heteroatoms. The highest BCUT2D eigenvalue weighted by atomic mass is 16.2. The third kappa shape index (κ3) is 3.17. The summed E-state index contributed by atoms with van der Waals surface area (Å²) in [5.74, 6) is 0.140. The Morgan fingerprint density at radius 2 is 1.89 bits per heavy atom. The molecule has 0 saturated heterocycles. The second-order valence-electron chi connectivity index (χ2n) is 7.07. The Kier molecular flexibility index (Phi) is 3.71. The average molecular weight is 259 g/mol. The van der Waals surface area contributed by atoms with Gasteiger partial charge < -0.3 is 5.32 Å². The molecule has 1 aromatic rings. The molecule has 1 aromatic carbocycles. The van der Waals surface area contributed by atoms with Crippen LogP contribution >= 0.6 is 0 Å². The van der Waals surface area contributed by atoms with Crippen LogP contribution in [0, 0.1) is 5.41 Å². The van der Waals surface area contributed by atoms with E-state index < -0.39 is 5.41 Å². The molecule has 0 spiro atoms. The molecule has 1 N–H and O–H groups in total. The standard InChI is InChI=1S/C17H25NO/c1-16(2)11-10-14(12-16)18-15(19)17(3,4)13-8-6-5-7-9-13/h5-9,14H,10-12H2,1-4H3,(H,18,19). The highest BCUT2D eigenvalue weighted by Crippen LogP contribution is 2.37. The molecule has 104 valence electrons. The molecule has 1 aliphatic carbocycles. The molecule has 1 atom stereocenters. The summed E-state index contributed by atoms with van der Waals surface area (Å²) in [6, 6.07) is 10.4. The van der Waals surface area contributed by atoms with Gasteiger partial charge >= 0.3 is 0 Å². The summed E-state index contributed by atoms with van der Waals surface area (Å²) in [7, 11) is 0. The van der Waals surface area contributed by atoms with E-state index >= 15 is 0 Å². The van der Waals surface area contributed by atoms with Crippen molar-refractivity contribution in [3.8, 4) is 0 Å². The third-order valence-electron chi connectivity index (χ3n) is 4.37. The fraction of sp³-hybridized carbons (Fsp3) is 0.588. The average Bonchev–Trinajstić information content (AvgIpc) is 2.69. The van der Waals surface area contributed by atoms with Gasteiger partial charge in [0.1, 0.15) is 0 Å². The van der Waals surface area contributed by atoms with Crippen LogP contribution in [0.4, 0.5) is 0 Å². The molecule has 2 rings (SSSR count). The van der Waals surface area contributed by atoms with Crippen molar-refractivity contribution in [3.63, 3.8) is 0 Å². The SMILES string of the molecule is CC1(C)CCC(NC(=O)C(C)(C)c2ccccc2)C1. The van der Waals surface area contributed by atoms with Crippen molar-refractivity contribution in [2.24, 2.45) is 5.41 Å². The summed E-state index contributed by atoms with van der Waals surface area (Å²) in [4.78, 5) is 12.5. The van der Waals surface area contributed by atoms with E-state index in [2.05, 4.69) is 19.2 Å². The first-order chi connectivity index (χ1) is 8.81. The molecule has 19 heavy (non-hydrogen) atoms. The smallest absolute Gasteiger partial charge is 0.230 e. The Morgan fingerprint density at radius 3 is 2.42 bits per heavy atom. The van der Waals surface area contributed by atoms with Gasteiger partial charge in [0, 0.05) is 6.04 Å². The molecular formula is C17H25NO. The minimum atomic E-state index is -0.464. The van der Waals surface area contributed by atoms with Crippen LogP contribution in [0.5, 0.6) is 0 Å². The second-order valence-corrected chi connectivity index (χ2v) is 7.07. The van der Waals surface area contributed by atoms with Crippen LogP contribution in [-0.2, 0) is 10.2 Å². The molecule has 2 nitrogen and oxygen atoms in total. The maximum Gasteiger partial charge on any atom is 0.230 e. The highest BCUT2D eigenvalue weighted by molar-refractivity contribution is 5.87. The van der Waals surface area contributed by atoms with Crippen LogP contribution in [0.1, 0.15) is 52.5 Å². The summed E-state index contributed by atoms with van der Waals surface area (Å²) in [5, 5.41) is 3.23. The van der Waals surface area contributed by atoms with Crippen LogP contribution in [0.2, 0.25) is 0 Å². The van der Waals surface area contributed by atoms with Crippen molar-refractivity contribution >= 4 is 5.91 Å². The van der Waals surface area contributed by atoms with Crippen molar-refractivity contribution < 1.29 is 4.79 Å². The van der Waals surface area contributed by atoms with Crippen molar-refractivity contribution in [3.05, 3.63) is 35.9 Å². The second kappa shape index (κ2) is 4.99. The number of benzene rings is 1. The van der Waals surface area contributed by atoms with Crippen molar-refractivity contribution in [1.82, 2.24) is 5.32 Å². The minimum Gasteiger partial charge on any atom is -0.353 e. The van der Waals surface area contributed by atoms with Gasteiger partial charge in [-0.2, -0.15) is 0 Å². The van der Waals surface area contributed by atoms with Crippen molar-refractivity contribution in [2.45, 2.75) is 58.4 Å². The zero-order chi connectivity index (χ0) is 14.1. The third-order valence-corrected chi connectivity index (χ3v) is 4.37. The summed E-state index contributed by atoms with van der Waals surface area (Å²) < 4.78 is 0. The fourth-order valence-corrected chi connectivity index (χ4v) is 2.91. The van der Waals surface area contributed by atoms with E-state index in [-0.39, 0.29) is 5.91 Å². The van der Waals surface area contributed by atoms with Crippen LogP contribution in [0.25, 0.3) is 0 Å². The highest BCUT2D eigenvalue weighted by Gasteiger charge is 2.35.